The van der Waals surface area contributed by atoms with Gasteiger partial charge in [0.25, 0.3) is 0 Å². The van der Waals surface area contributed by atoms with E-state index in [1.165, 1.54) is 16.6 Å². The minimum atomic E-state index is -3.82. The normalized spacial score (nSPS) is 16.8. The number of hydrogen-bond donors (Lipinski definition) is 1. The Hall–Kier alpha value is -3.17. The highest BCUT2D eigenvalue weighted by Crippen LogP contribution is 2.29. The van der Waals surface area contributed by atoms with Crippen LogP contribution in [0.15, 0.2) is 62.6 Å². The topological polar surface area (TPSA) is 106 Å². The van der Waals surface area contributed by atoms with Gasteiger partial charge in [0.05, 0.1) is 12.3 Å². The maximum atomic E-state index is 13.4. The highest BCUT2D eigenvalue weighted by Gasteiger charge is 2.36. The van der Waals surface area contributed by atoms with Crippen molar-refractivity contribution in [1.29, 1.82) is 0 Å². The fourth-order valence-electron chi connectivity index (χ4n) is 3.99. The monoisotopic (exact) mass is 469 g/mol. The first-order valence-corrected chi connectivity index (χ1v) is 12.3. The van der Waals surface area contributed by atoms with Gasteiger partial charge in [-0.05, 0) is 56.5 Å². The number of carbonyl (C=O) groups is 1. The van der Waals surface area contributed by atoms with Crippen LogP contribution >= 0.6 is 0 Å². The van der Waals surface area contributed by atoms with E-state index in [1.807, 2.05) is 37.3 Å². The third-order valence-corrected chi connectivity index (χ3v) is 7.91. The average Bonchev–Trinajstić information content (AvgIpc) is 3.48. The molecule has 4 rings (SSSR count). The number of furan rings is 1. The Kier molecular flexibility index (Phi) is 6.80. The standard InChI is InChI=1S/C24H27N3O5S/c1-17(19-7-4-3-5-8-19)25-24(28)20-12-14-27(15-13-20)33(29,30)23-18(2)26-32-22(23)11-10-21-9-6-16-31-21/h3-11,16-17,20H,12-15H2,1-2H3,(H,25,28). The molecule has 2 aromatic heterocycles. The summed E-state index contributed by atoms with van der Waals surface area (Å²) >= 11 is 0. The molecule has 8 nitrogen and oxygen atoms in total. The number of amides is 1. The number of nitrogens with one attached hydrogen (secondary N) is 1. The van der Waals surface area contributed by atoms with Crippen LogP contribution in [-0.2, 0) is 14.8 Å². The summed E-state index contributed by atoms with van der Waals surface area (Å²) in [5, 5.41) is 6.90. The average molecular weight is 470 g/mol. The quantitative estimate of drug-likeness (QED) is 0.560. The summed E-state index contributed by atoms with van der Waals surface area (Å²) in [6, 6.07) is 13.1. The van der Waals surface area contributed by atoms with Gasteiger partial charge < -0.3 is 14.3 Å². The van der Waals surface area contributed by atoms with Crippen molar-refractivity contribution in [1.82, 2.24) is 14.8 Å². The van der Waals surface area contributed by atoms with Crippen molar-refractivity contribution in [2.75, 3.05) is 13.1 Å². The van der Waals surface area contributed by atoms with E-state index < -0.39 is 10.0 Å². The van der Waals surface area contributed by atoms with Crippen molar-refractivity contribution >= 4 is 28.1 Å². The predicted octanol–water partition coefficient (Wildman–Crippen LogP) is 4.02. The number of aromatic nitrogens is 1. The third kappa shape index (κ3) is 5.09. The van der Waals surface area contributed by atoms with E-state index in [4.69, 9.17) is 8.94 Å². The van der Waals surface area contributed by atoms with Gasteiger partial charge in [-0.15, -0.1) is 0 Å². The molecule has 174 valence electrons. The van der Waals surface area contributed by atoms with E-state index in [2.05, 4.69) is 10.5 Å². The van der Waals surface area contributed by atoms with Crippen LogP contribution in [0.4, 0.5) is 0 Å². The largest absolute Gasteiger partial charge is 0.465 e. The number of nitrogens with zero attached hydrogens (tertiary/aromatic N) is 2. The van der Waals surface area contributed by atoms with Gasteiger partial charge in [0, 0.05) is 19.0 Å². The molecule has 9 heteroatoms. The number of sulfonamides is 1. The molecular formula is C24H27N3O5S. The molecule has 1 fully saturated rings. The fraction of sp³-hybridized carbons (Fsp3) is 0.333. The molecule has 0 radical (unpaired) electrons. The second-order valence-corrected chi connectivity index (χ2v) is 10.0. The summed E-state index contributed by atoms with van der Waals surface area (Å²) in [5.41, 5.74) is 1.33. The lowest BCUT2D eigenvalue weighted by atomic mass is 9.96. The molecule has 1 amide bonds. The van der Waals surface area contributed by atoms with Gasteiger partial charge in [-0.1, -0.05) is 35.5 Å². The van der Waals surface area contributed by atoms with Crippen LogP contribution in [0.5, 0.6) is 0 Å². The number of rotatable bonds is 7. The highest BCUT2D eigenvalue weighted by atomic mass is 32.2. The van der Waals surface area contributed by atoms with Crippen molar-refractivity contribution < 1.29 is 22.2 Å². The predicted molar refractivity (Wildman–Crippen MR) is 123 cm³/mol. The van der Waals surface area contributed by atoms with E-state index in [0.717, 1.165) is 5.56 Å². The second-order valence-electron chi connectivity index (χ2n) is 8.13. The molecule has 1 atom stereocenters. The zero-order chi connectivity index (χ0) is 23.4. The first-order valence-electron chi connectivity index (χ1n) is 10.9. The van der Waals surface area contributed by atoms with E-state index in [0.29, 0.717) is 24.3 Å². The molecule has 1 aliphatic rings. The van der Waals surface area contributed by atoms with Crippen molar-refractivity contribution in [2.45, 2.75) is 37.6 Å². The van der Waals surface area contributed by atoms with Crippen LogP contribution in [0, 0.1) is 12.8 Å². The molecule has 3 heterocycles. The lowest BCUT2D eigenvalue weighted by Crippen LogP contribution is -2.43. The second kappa shape index (κ2) is 9.76. The maximum Gasteiger partial charge on any atom is 0.248 e. The van der Waals surface area contributed by atoms with E-state index >= 15 is 0 Å². The Balaban J connectivity index is 1.41. The van der Waals surface area contributed by atoms with Gasteiger partial charge in [-0.2, -0.15) is 4.31 Å². The zero-order valence-electron chi connectivity index (χ0n) is 18.6. The molecule has 1 aromatic carbocycles. The Morgan fingerprint density at radius 1 is 1.15 bits per heavy atom. The number of benzene rings is 1. The minimum absolute atomic E-state index is 0.0471. The highest BCUT2D eigenvalue weighted by molar-refractivity contribution is 7.89. The van der Waals surface area contributed by atoms with Crippen molar-refractivity contribution in [3.05, 3.63) is 71.5 Å². The molecule has 1 saturated heterocycles. The molecule has 3 aromatic rings. The number of aryl methyl sites for hydroxylation is 1. The van der Waals surface area contributed by atoms with Crippen LogP contribution in [0.3, 0.4) is 0 Å². The van der Waals surface area contributed by atoms with Gasteiger partial charge in [-0.25, -0.2) is 8.42 Å². The minimum Gasteiger partial charge on any atom is -0.465 e. The van der Waals surface area contributed by atoms with E-state index in [-0.39, 0.29) is 41.6 Å². The lowest BCUT2D eigenvalue weighted by Gasteiger charge is -2.31. The molecular weight excluding hydrogens is 442 g/mol. The molecule has 0 aliphatic carbocycles. The Bertz CT molecular complexity index is 1210. The summed E-state index contributed by atoms with van der Waals surface area (Å²) in [6.45, 7) is 4.06. The van der Waals surface area contributed by atoms with Crippen molar-refractivity contribution in [3.63, 3.8) is 0 Å². The summed E-state index contributed by atoms with van der Waals surface area (Å²) in [6.07, 6.45) is 5.60. The maximum absolute atomic E-state index is 13.4. The van der Waals surface area contributed by atoms with Gasteiger partial charge in [0.2, 0.25) is 15.9 Å². The SMILES string of the molecule is Cc1noc(C=Cc2ccco2)c1S(=O)(=O)N1CCC(C(=O)NC(C)c2ccccc2)CC1. The summed E-state index contributed by atoms with van der Waals surface area (Å²) in [5.74, 6) is 0.445. The zero-order valence-corrected chi connectivity index (χ0v) is 19.4. The summed E-state index contributed by atoms with van der Waals surface area (Å²) < 4.78 is 38.6. The van der Waals surface area contributed by atoms with Crippen LogP contribution in [0.25, 0.3) is 12.2 Å². The van der Waals surface area contributed by atoms with E-state index in [1.54, 1.807) is 25.1 Å². The Labute approximate surface area is 193 Å². The van der Waals surface area contributed by atoms with Gasteiger partial charge in [-0.3, -0.25) is 4.79 Å². The van der Waals surface area contributed by atoms with Crippen LogP contribution in [0.2, 0.25) is 0 Å². The Morgan fingerprint density at radius 2 is 1.88 bits per heavy atom. The van der Waals surface area contributed by atoms with Crippen LogP contribution in [0.1, 0.15) is 48.6 Å². The smallest absolute Gasteiger partial charge is 0.248 e. The number of piperidine rings is 1. The number of carbonyl (C=O) groups excluding carboxylic acids is 1. The molecule has 0 bridgehead atoms. The Morgan fingerprint density at radius 3 is 2.55 bits per heavy atom. The van der Waals surface area contributed by atoms with Gasteiger partial charge in [0.15, 0.2) is 10.7 Å². The first kappa shape index (κ1) is 23.0. The summed E-state index contributed by atoms with van der Waals surface area (Å²) in [7, 11) is -3.82. The molecule has 1 unspecified atom stereocenters. The summed E-state index contributed by atoms with van der Waals surface area (Å²) in [4.78, 5) is 12.8. The van der Waals surface area contributed by atoms with Crippen molar-refractivity contribution in [3.8, 4) is 0 Å². The molecule has 0 saturated carbocycles. The van der Waals surface area contributed by atoms with Gasteiger partial charge in [0.1, 0.15) is 11.5 Å². The first-order chi connectivity index (χ1) is 15.9. The van der Waals surface area contributed by atoms with Crippen molar-refractivity contribution in [2.24, 2.45) is 5.92 Å². The van der Waals surface area contributed by atoms with Gasteiger partial charge >= 0.3 is 0 Å². The molecule has 0 spiro atoms. The molecule has 1 N–H and O–H groups in total. The van der Waals surface area contributed by atoms with Crippen LogP contribution < -0.4 is 5.32 Å². The lowest BCUT2D eigenvalue weighted by molar-refractivity contribution is -0.126. The van der Waals surface area contributed by atoms with Crippen LogP contribution in [-0.4, -0.2) is 36.9 Å². The molecule has 1 aliphatic heterocycles. The third-order valence-electron chi connectivity index (χ3n) is 5.86. The molecule has 33 heavy (non-hydrogen) atoms. The fourth-order valence-corrected chi connectivity index (χ4v) is 5.71. The van der Waals surface area contributed by atoms with E-state index in [9.17, 15) is 13.2 Å². The number of hydrogen-bond acceptors (Lipinski definition) is 6.